The molecule has 2 rings (SSSR count). The Morgan fingerprint density at radius 2 is 2.10 bits per heavy atom. The highest BCUT2D eigenvalue weighted by molar-refractivity contribution is 9.10. The van der Waals surface area contributed by atoms with Gasteiger partial charge in [0.05, 0.1) is 12.1 Å². The van der Waals surface area contributed by atoms with Gasteiger partial charge in [-0.1, -0.05) is 41.1 Å². The molecule has 0 heterocycles. The van der Waals surface area contributed by atoms with Crippen LogP contribution in [-0.2, 0) is 0 Å². The number of benzene rings is 1. The van der Waals surface area contributed by atoms with Crippen LogP contribution < -0.4 is 0 Å². The molecule has 1 aliphatic carbocycles. The Bertz CT molecular complexity index is 532. The van der Waals surface area contributed by atoms with Crippen molar-refractivity contribution < 1.29 is 9.18 Å². The molecule has 0 N–H and O–H groups in total. The first kappa shape index (κ1) is 15.1. The van der Waals surface area contributed by atoms with Gasteiger partial charge >= 0.3 is 0 Å². The summed E-state index contributed by atoms with van der Waals surface area (Å²) in [6, 6.07) is 4.53. The molecule has 0 atom stereocenters. The van der Waals surface area contributed by atoms with E-state index in [1.165, 1.54) is 18.6 Å². The zero-order valence-corrected chi connectivity index (χ0v) is 12.8. The molecule has 0 aliphatic heterocycles. The molecule has 1 aromatic carbocycles. The number of carbonyl (C=O) groups excluding carboxylic acids is 1. The van der Waals surface area contributed by atoms with Crippen molar-refractivity contribution in [1.82, 2.24) is 4.90 Å². The highest BCUT2D eigenvalue weighted by atomic mass is 79.9. The van der Waals surface area contributed by atoms with Crippen molar-refractivity contribution in [2.75, 3.05) is 6.54 Å². The number of hydrogen-bond donors (Lipinski definition) is 0. The second-order valence-corrected chi connectivity index (χ2v) is 5.97. The van der Waals surface area contributed by atoms with Crippen LogP contribution in [0.5, 0.6) is 0 Å². The van der Waals surface area contributed by atoms with Gasteiger partial charge in [-0.3, -0.25) is 4.79 Å². The van der Waals surface area contributed by atoms with Gasteiger partial charge in [-0.05, 0) is 31.0 Å². The van der Waals surface area contributed by atoms with Crippen molar-refractivity contribution in [2.45, 2.75) is 38.1 Å². The summed E-state index contributed by atoms with van der Waals surface area (Å²) in [5, 5.41) is 0. The average Bonchev–Trinajstić information content (AvgIpc) is 2.47. The van der Waals surface area contributed by atoms with Gasteiger partial charge in [-0.15, -0.1) is 6.42 Å². The maximum absolute atomic E-state index is 13.9. The summed E-state index contributed by atoms with van der Waals surface area (Å²) in [5.74, 6) is 1.71. The Morgan fingerprint density at radius 3 is 2.75 bits per heavy atom. The number of halogens is 2. The zero-order chi connectivity index (χ0) is 14.5. The fraction of sp³-hybridized carbons (Fsp3) is 0.438. The van der Waals surface area contributed by atoms with E-state index in [2.05, 4.69) is 21.9 Å². The standard InChI is InChI=1S/C16H17BrFNO/c1-2-10-19(13-6-4-3-5-7-13)16(20)14-11-12(17)8-9-15(14)18/h1,8-9,11,13H,3-7,10H2. The predicted molar refractivity (Wildman–Crippen MR) is 80.8 cm³/mol. The average molecular weight is 338 g/mol. The summed E-state index contributed by atoms with van der Waals surface area (Å²) in [7, 11) is 0. The normalized spacial score (nSPS) is 15.7. The Kier molecular flexibility index (Phi) is 5.19. The maximum Gasteiger partial charge on any atom is 0.257 e. The molecular weight excluding hydrogens is 321 g/mol. The second kappa shape index (κ2) is 6.90. The fourth-order valence-electron chi connectivity index (χ4n) is 2.67. The van der Waals surface area contributed by atoms with Crippen molar-refractivity contribution in [3.63, 3.8) is 0 Å². The van der Waals surface area contributed by atoms with Crippen LogP contribution in [0, 0.1) is 18.2 Å². The van der Waals surface area contributed by atoms with Gasteiger partial charge < -0.3 is 4.90 Å². The highest BCUT2D eigenvalue weighted by Crippen LogP contribution is 2.25. The molecule has 1 saturated carbocycles. The van der Waals surface area contributed by atoms with E-state index in [1.807, 2.05) is 0 Å². The van der Waals surface area contributed by atoms with Crippen molar-refractivity contribution >= 4 is 21.8 Å². The van der Waals surface area contributed by atoms with E-state index in [-0.39, 0.29) is 24.1 Å². The number of nitrogens with zero attached hydrogens (tertiary/aromatic N) is 1. The summed E-state index contributed by atoms with van der Waals surface area (Å²) >= 11 is 3.27. The van der Waals surface area contributed by atoms with E-state index in [4.69, 9.17) is 6.42 Å². The highest BCUT2D eigenvalue weighted by Gasteiger charge is 2.27. The van der Waals surface area contributed by atoms with E-state index in [0.717, 1.165) is 25.7 Å². The zero-order valence-electron chi connectivity index (χ0n) is 11.2. The molecule has 2 nitrogen and oxygen atoms in total. The second-order valence-electron chi connectivity index (χ2n) is 5.05. The Labute approximate surface area is 127 Å². The van der Waals surface area contributed by atoms with E-state index in [1.54, 1.807) is 11.0 Å². The molecule has 1 aromatic rings. The third-order valence-corrected chi connectivity index (χ3v) is 4.19. The largest absolute Gasteiger partial charge is 0.324 e. The third kappa shape index (κ3) is 3.40. The lowest BCUT2D eigenvalue weighted by atomic mass is 9.93. The molecular formula is C16H17BrFNO. The lowest BCUT2D eigenvalue weighted by Crippen LogP contribution is -2.42. The summed E-state index contributed by atoms with van der Waals surface area (Å²) in [6.07, 6.45) is 10.7. The summed E-state index contributed by atoms with van der Waals surface area (Å²) in [6.45, 7) is 0.232. The van der Waals surface area contributed by atoms with Crippen LogP contribution in [-0.4, -0.2) is 23.4 Å². The molecule has 0 saturated heterocycles. The lowest BCUT2D eigenvalue weighted by molar-refractivity contribution is 0.0662. The first-order chi connectivity index (χ1) is 9.63. The minimum absolute atomic E-state index is 0.0835. The molecule has 0 spiro atoms. The van der Waals surface area contributed by atoms with Gasteiger partial charge in [0.25, 0.3) is 5.91 Å². The van der Waals surface area contributed by atoms with Crippen LogP contribution in [0.1, 0.15) is 42.5 Å². The Balaban J connectivity index is 2.26. The maximum atomic E-state index is 13.9. The van der Waals surface area contributed by atoms with Gasteiger partial charge in [-0.2, -0.15) is 0 Å². The van der Waals surface area contributed by atoms with Gasteiger partial charge in [0, 0.05) is 10.5 Å². The summed E-state index contributed by atoms with van der Waals surface area (Å²) in [4.78, 5) is 14.2. The smallest absolute Gasteiger partial charge is 0.257 e. The first-order valence-electron chi connectivity index (χ1n) is 6.83. The van der Waals surface area contributed by atoms with E-state index in [0.29, 0.717) is 4.47 Å². The minimum Gasteiger partial charge on any atom is -0.324 e. The van der Waals surface area contributed by atoms with E-state index in [9.17, 15) is 9.18 Å². The quantitative estimate of drug-likeness (QED) is 0.763. The third-order valence-electron chi connectivity index (χ3n) is 3.70. The first-order valence-corrected chi connectivity index (χ1v) is 7.62. The minimum atomic E-state index is -0.504. The monoisotopic (exact) mass is 337 g/mol. The predicted octanol–water partition coefficient (Wildman–Crippen LogP) is 4.00. The molecule has 0 bridgehead atoms. The van der Waals surface area contributed by atoms with E-state index < -0.39 is 5.82 Å². The molecule has 1 amide bonds. The van der Waals surface area contributed by atoms with Crippen molar-refractivity contribution in [2.24, 2.45) is 0 Å². The van der Waals surface area contributed by atoms with Crippen LogP contribution >= 0.6 is 15.9 Å². The number of carbonyl (C=O) groups is 1. The van der Waals surface area contributed by atoms with Crippen molar-refractivity contribution in [1.29, 1.82) is 0 Å². The van der Waals surface area contributed by atoms with Crippen LogP contribution in [0.4, 0.5) is 4.39 Å². The molecule has 1 fully saturated rings. The number of hydrogen-bond acceptors (Lipinski definition) is 1. The van der Waals surface area contributed by atoms with Crippen LogP contribution in [0.15, 0.2) is 22.7 Å². The molecule has 0 unspecified atom stereocenters. The Hall–Kier alpha value is -1.34. The molecule has 0 radical (unpaired) electrons. The number of rotatable bonds is 3. The van der Waals surface area contributed by atoms with Gasteiger partial charge in [-0.25, -0.2) is 4.39 Å². The van der Waals surface area contributed by atoms with Crippen molar-refractivity contribution in [3.8, 4) is 12.3 Å². The molecule has 1 aliphatic rings. The number of terminal acetylenes is 1. The van der Waals surface area contributed by atoms with Crippen LogP contribution in [0.2, 0.25) is 0 Å². The number of amides is 1. The molecule has 0 aromatic heterocycles. The van der Waals surface area contributed by atoms with Crippen molar-refractivity contribution in [3.05, 3.63) is 34.1 Å². The molecule has 4 heteroatoms. The molecule has 106 valence electrons. The molecule has 20 heavy (non-hydrogen) atoms. The SMILES string of the molecule is C#CCN(C(=O)c1cc(Br)ccc1F)C1CCCCC1. The van der Waals surface area contributed by atoms with Crippen LogP contribution in [0.25, 0.3) is 0 Å². The Morgan fingerprint density at radius 1 is 1.40 bits per heavy atom. The summed E-state index contributed by atoms with van der Waals surface area (Å²) < 4.78 is 14.6. The van der Waals surface area contributed by atoms with Gasteiger partial charge in [0.1, 0.15) is 5.82 Å². The van der Waals surface area contributed by atoms with Gasteiger partial charge in [0.15, 0.2) is 0 Å². The van der Waals surface area contributed by atoms with Gasteiger partial charge in [0.2, 0.25) is 0 Å². The van der Waals surface area contributed by atoms with Crippen LogP contribution in [0.3, 0.4) is 0 Å². The van der Waals surface area contributed by atoms with E-state index >= 15 is 0 Å². The lowest BCUT2D eigenvalue weighted by Gasteiger charge is -2.33. The fourth-order valence-corrected chi connectivity index (χ4v) is 3.03. The summed E-state index contributed by atoms with van der Waals surface area (Å²) in [5.41, 5.74) is 0.0835. The topological polar surface area (TPSA) is 20.3 Å².